The van der Waals surface area contributed by atoms with E-state index in [4.69, 9.17) is 11.6 Å². The van der Waals surface area contributed by atoms with Gasteiger partial charge in [0.1, 0.15) is 6.54 Å². The highest BCUT2D eigenvalue weighted by Gasteiger charge is 2.28. The van der Waals surface area contributed by atoms with Gasteiger partial charge in [0.25, 0.3) is 10.0 Å². The molecule has 3 aromatic rings. The van der Waals surface area contributed by atoms with Gasteiger partial charge >= 0.3 is 0 Å². The van der Waals surface area contributed by atoms with Crippen LogP contribution in [0.25, 0.3) is 0 Å². The number of hydrogen-bond donors (Lipinski definition) is 1. The van der Waals surface area contributed by atoms with Crippen molar-refractivity contribution in [3.05, 3.63) is 95.0 Å². The zero-order valence-corrected chi connectivity index (χ0v) is 20.1. The van der Waals surface area contributed by atoms with Crippen LogP contribution in [0, 0.1) is 6.92 Å². The van der Waals surface area contributed by atoms with E-state index in [1.165, 1.54) is 23.3 Å². The molecule has 168 valence electrons. The number of para-hydroxylation sites is 1. The summed E-state index contributed by atoms with van der Waals surface area (Å²) >= 11 is 7.98. The topological polar surface area (TPSA) is 66.5 Å². The second-order valence-electron chi connectivity index (χ2n) is 7.17. The second-order valence-corrected chi connectivity index (χ2v) is 10.5. The fraction of sp³-hybridized carbons (Fsp3) is 0.208. The van der Waals surface area contributed by atoms with E-state index in [2.05, 4.69) is 30.4 Å². The lowest BCUT2D eigenvalue weighted by atomic mass is 10.2. The number of anilines is 1. The highest BCUT2D eigenvalue weighted by atomic mass is 35.5. The molecule has 0 atom stereocenters. The molecule has 1 amide bonds. The first-order chi connectivity index (χ1) is 15.4. The molecule has 0 aliphatic rings. The van der Waals surface area contributed by atoms with Crippen LogP contribution >= 0.6 is 23.4 Å². The third kappa shape index (κ3) is 6.51. The number of aryl methyl sites for hydroxylation is 1. The smallest absolute Gasteiger partial charge is 0.264 e. The van der Waals surface area contributed by atoms with Crippen molar-refractivity contribution in [2.24, 2.45) is 0 Å². The Hall–Kier alpha value is -2.48. The number of nitrogens with one attached hydrogen (secondary N) is 1. The summed E-state index contributed by atoms with van der Waals surface area (Å²) in [6.45, 7) is 2.14. The fourth-order valence-corrected chi connectivity index (χ4v) is 5.67. The van der Waals surface area contributed by atoms with Gasteiger partial charge in [-0.25, -0.2) is 8.42 Å². The van der Waals surface area contributed by atoms with Gasteiger partial charge in [-0.15, -0.1) is 0 Å². The van der Waals surface area contributed by atoms with Gasteiger partial charge < -0.3 is 5.32 Å². The molecule has 0 spiro atoms. The molecule has 0 aliphatic heterocycles. The van der Waals surface area contributed by atoms with Crippen LogP contribution in [0.2, 0.25) is 5.02 Å². The summed E-state index contributed by atoms with van der Waals surface area (Å²) in [5, 5.41) is 3.07. The number of sulfonamides is 1. The third-order valence-electron chi connectivity index (χ3n) is 4.66. The molecule has 0 aromatic heterocycles. The number of hydrogen-bond acceptors (Lipinski definition) is 4. The molecule has 32 heavy (non-hydrogen) atoms. The molecule has 0 bridgehead atoms. The summed E-state index contributed by atoms with van der Waals surface area (Å²) in [6.07, 6.45) is 0. The van der Waals surface area contributed by atoms with Crippen molar-refractivity contribution in [2.75, 3.05) is 23.1 Å². The molecule has 0 heterocycles. The Balaban J connectivity index is 1.63. The fourth-order valence-electron chi connectivity index (χ4n) is 3.11. The van der Waals surface area contributed by atoms with Crippen molar-refractivity contribution in [1.82, 2.24) is 5.32 Å². The summed E-state index contributed by atoms with van der Waals surface area (Å²) in [5.41, 5.74) is 2.72. The maximum Gasteiger partial charge on any atom is 0.264 e. The predicted octanol–water partition coefficient (Wildman–Crippen LogP) is 4.89. The first-order valence-electron chi connectivity index (χ1n) is 10.1. The number of carbonyl (C=O) groups excluding carboxylic acids is 1. The average molecular weight is 489 g/mol. The van der Waals surface area contributed by atoms with Crippen molar-refractivity contribution in [2.45, 2.75) is 17.6 Å². The number of rotatable bonds is 10. The summed E-state index contributed by atoms with van der Waals surface area (Å²) in [4.78, 5) is 12.7. The molecule has 1 N–H and O–H groups in total. The minimum absolute atomic E-state index is 0.0985. The Morgan fingerprint density at radius 3 is 2.44 bits per heavy atom. The summed E-state index contributed by atoms with van der Waals surface area (Å²) < 4.78 is 27.6. The SMILES string of the molecule is Cc1cccc(CSCCNC(=O)CN(c2ccccc2Cl)S(=O)(=O)c2ccccc2)c1. The zero-order chi connectivity index (χ0) is 23.0. The highest BCUT2D eigenvalue weighted by molar-refractivity contribution is 7.98. The molecule has 0 saturated heterocycles. The van der Waals surface area contributed by atoms with Crippen molar-refractivity contribution in [3.8, 4) is 0 Å². The second kappa shape index (κ2) is 11.4. The van der Waals surface area contributed by atoms with E-state index in [0.717, 1.165) is 15.8 Å². The molecule has 0 aliphatic carbocycles. The normalized spacial score (nSPS) is 11.2. The molecule has 3 rings (SSSR count). The van der Waals surface area contributed by atoms with Crippen molar-refractivity contribution < 1.29 is 13.2 Å². The molecule has 0 unspecified atom stereocenters. The number of carbonyl (C=O) groups is 1. The van der Waals surface area contributed by atoms with Gasteiger partial charge in [-0.3, -0.25) is 9.10 Å². The van der Waals surface area contributed by atoms with Crippen LogP contribution in [0.4, 0.5) is 5.69 Å². The average Bonchev–Trinajstić information content (AvgIpc) is 2.78. The predicted molar refractivity (Wildman–Crippen MR) is 133 cm³/mol. The molecular formula is C24H25ClN2O3S2. The van der Waals surface area contributed by atoms with Crippen LogP contribution in [-0.4, -0.2) is 33.2 Å². The van der Waals surface area contributed by atoms with Gasteiger partial charge in [0.15, 0.2) is 0 Å². The van der Waals surface area contributed by atoms with Gasteiger partial charge in [0.2, 0.25) is 5.91 Å². The minimum atomic E-state index is -3.96. The molecule has 0 radical (unpaired) electrons. The summed E-state index contributed by atoms with van der Waals surface area (Å²) in [6, 6.07) is 22.9. The van der Waals surface area contributed by atoms with Gasteiger partial charge in [0, 0.05) is 18.1 Å². The summed E-state index contributed by atoms with van der Waals surface area (Å²) in [5.74, 6) is 1.18. The van der Waals surface area contributed by atoms with Gasteiger partial charge in [-0.2, -0.15) is 11.8 Å². The van der Waals surface area contributed by atoms with E-state index in [-0.39, 0.29) is 28.1 Å². The number of thioether (sulfide) groups is 1. The standard InChI is InChI=1S/C24H25ClN2O3S2/c1-19-8-7-9-20(16-19)18-31-15-14-26-24(28)17-27(23-13-6-5-12-22(23)25)32(29,30)21-10-3-2-4-11-21/h2-13,16H,14-15,17-18H2,1H3,(H,26,28). The molecule has 5 nitrogen and oxygen atoms in total. The van der Waals surface area contributed by atoms with E-state index >= 15 is 0 Å². The lowest BCUT2D eigenvalue weighted by molar-refractivity contribution is -0.119. The molecule has 0 fully saturated rings. The van der Waals surface area contributed by atoms with Crippen LogP contribution < -0.4 is 9.62 Å². The van der Waals surface area contributed by atoms with Gasteiger partial charge in [-0.05, 0) is 36.8 Å². The molecular weight excluding hydrogens is 464 g/mol. The number of halogens is 1. The van der Waals surface area contributed by atoms with E-state index in [1.807, 2.05) is 6.07 Å². The Morgan fingerprint density at radius 2 is 1.72 bits per heavy atom. The lowest BCUT2D eigenvalue weighted by Crippen LogP contribution is -2.41. The highest BCUT2D eigenvalue weighted by Crippen LogP contribution is 2.30. The third-order valence-corrected chi connectivity index (χ3v) is 7.78. The van der Waals surface area contributed by atoms with Crippen LogP contribution in [-0.2, 0) is 20.6 Å². The van der Waals surface area contributed by atoms with E-state index in [9.17, 15) is 13.2 Å². The van der Waals surface area contributed by atoms with Gasteiger partial charge in [-0.1, -0.05) is 71.8 Å². The van der Waals surface area contributed by atoms with Crippen LogP contribution in [0.3, 0.4) is 0 Å². The first-order valence-corrected chi connectivity index (χ1v) is 13.1. The zero-order valence-electron chi connectivity index (χ0n) is 17.7. The van der Waals surface area contributed by atoms with Crippen molar-refractivity contribution in [1.29, 1.82) is 0 Å². The largest absolute Gasteiger partial charge is 0.354 e. The van der Waals surface area contributed by atoms with Crippen LogP contribution in [0.1, 0.15) is 11.1 Å². The maximum atomic E-state index is 13.3. The molecule has 3 aromatic carbocycles. The Labute approximate surface area is 198 Å². The van der Waals surface area contributed by atoms with Gasteiger partial charge in [0.05, 0.1) is 15.6 Å². The minimum Gasteiger partial charge on any atom is -0.354 e. The quantitative estimate of drug-likeness (QED) is 0.412. The van der Waals surface area contributed by atoms with E-state index in [1.54, 1.807) is 54.2 Å². The van der Waals surface area contributed by atoms with Crippen LogP contribution in [0.15, 0.2) is 83.8 Å². The first kappa shape index (κ1) is 24.2. The van der Waals surface area contributed by atoms with E-state index < -0.39 is 10.0 Å². The van der Waals surface area contributed by atoms with Crippen LogP contribution in [0.5, 0.6) is 0 Å². The van der Waals surface area contributed by atoms with Crippen molar-refractivity contribution in [3.63, 3.8) is 0 Å². The molecule has 8 heteroatoms. The van der Waals surface area contributed by atoms with Crippen molar-refractivity contribution >= 4 is 45.0 Å². The monoisotopic (exact) mass is 488 g/mol. The number of nitrogens with zero attached hydrogens (tertiary/aromatic N) is 1. The number of benzene rings is 3. The Kier molecular flexibility index (Phi) is 8.61. The van der Waals surface area contributed by atoms with E-state index in [0.29, 0.717) is 6.54 Å². The number of amides is 1. The Bertz CT molecular complexity index is 1150. The summed E-state index contributed by atoms with van der Waals surface area (Å²) in [7, 11) is -3.96. The lowest BCUT2D eigenvalue weighted by Gasteiger charge is -2.25. The molecule has 0 saturated carbocycles. The Morgan fingerprint density at radius 1 is 1.00 bits per heavy atom. The maximum absolute atomic E-state index is 13.3.